The average Bonchev–Trinajstić information content (AvgIpc) is 3.37. The van der Waals surface area contributed by atoms with Gasteiger partial charge in [0.15, 0.2) is 0 Å². The van der Waals surface area contributed by atoms with Crippen LogP contribution in [-0.4, -0.2) is 61.8 Å². The number of carbonyl (C=O) groups is 3. The van der Waals surface area contributed by atoms with Crippen molar-refractivity contribution in [2.45, 2.75) is 17.4 Å². The van der Waals surface area contributed by atoms with Crippen LogP contribution in [0, 0.1) is 17.1 Å². The van der Waals surface area contributed by atoms with Gasteiger partial charge in [0.25, 0.3) is 5.91 Å². The Morgan fingerprint density at radius 2 is 2.00 bits per heavy atom. The molecule has 0 bridgehead atoms. The van der Waals surface area contributed by atoms with Crippen molar-refractivity contribution >= 4 is 45.0 Å². The van der Waals surface area contributed by atoms with E-state index in [9.17, 15) is 27.2 Å². The Morgan fingerprint density at radius 1 is 1.29 bits per heavy atom. The topological polar surface area (TPSA) is 153 Å². The molecule has 1 aliphatic rings. The van der Waals surface area contributed by atoms with Crippen LogP contribution < -0.4 is 15.4 Å². The molecule has 1 aromatic heterocycles. The van der Waals surface area contributed by atoms with Crippen molar-refractivity contribution in [3.05, 3.63) is 46.5 Å². The van der Waals surface area contributed by atoms with Crippen molar-refractivity contribution in [3.8, 4) is 6.07 Å². The summed E-state index contributed by atoms with van der Waals surface area (Å²) in [5.41, 5.74) is -0.328. The molecule has 0 aliphatic carbocycles. The van der Waals surface area contributed by atoms with Crippen LogP contribution in [0.15, 0.2) is 29.3 Å². The number of halogens is 2. The first-order valence-electron chi connectivity index (χ1n) is 9.87. The molecule has 3 rings (SSSR count). The van der Waals surface area contributed by atoms with Crippen LogP contribution in [0.3, 0.4) is 0 Å². The van der Waals surface area contributed by atoms with E-state index in [1.807, 2.05) is 0 Å². The lowest BCUT2D eigenvalue weighted by atomic mass is 10.2. The van der Waals surface area contributed by atoms with E-state index in [2.05, 4.69) is 15.4 Å². The molecule has 2 aromatic rings. The molecule has 0 spiro atoms. The summed E-state index contributed by atoms with van der Waals surface area (Å²) in [7, 11) is -1.45. The van der Waals surface area contributed by atoms with Gasteiger partial charge in [0.05, 0.1) is 10.6 Å². The van der Waals surface area contributed by atoms with E-state index in [4.69, 9.17) is 16.9 Å². The molecule has 3 amide bonds. The smallest absolute Gasteiger partial charge is 0.311 e. The Morgan fingerprint density at radius 3 is 2.65 bits per heavy atom. The highest BCUT2D eigenvalue weighted by Gasteiger charge is 2.34. The summed E-state index contributed by atoms with van der Waals surface area (Å²) >= 11 is 6.25. The van der Waals surface area contributed by atoms with Gasteiger partial charge in [0.2, 0.25) is 10.0 Å². The van der Waals surface area contributed by atoms with Crippen LogP contribution in [-0.2, 0) is 26.7 Å². The van der Waals surface area contributed by atoms with Crippen LogP contribution in [0.25, 0.3) is 0 Å². The van der Waals surface area contributed by atoms with E-state index in [0.29, 0.717) is 0 Å². The molecule has 2 heterocycles. The summed E-state index contributed by atoms with van der Waals surface area (Å²) in [5, 5.41) is 13.3. The third-order valence-corrected chi connectivity index (χ3v) is 7.18. The summed E-state index contributed by atoms with van der Waals surface area (Å²) in [6, 6.07) is 4.40. The zero-order valence-electron chi connectivity index (χ0n) is 18.1. The number of nitriles is 1. The van der Waals surface area contributed by atoms with E-state index in [0.717, 1.165) is 18.3 Å². The Labute approximate surface area is 199 Å². The van der Waals surface area contributed by atoms with Crippen LogP contribution in [0.4, 0.5) is 10.1 Å². The summed E-state index contributed by atoms with van der Waals surface area (Å²) in [5.74, 6) is -3.08. The van der Waals surface area contributed by atoms with Gasteiger partial charge in [-0.25, -0.2) is 17.5 Å². The minimum absolute atomic E-state index is 0.00489. The predicted octanol–water partition coefficient (Wildman–Crippen LogP) is 0.567. The molecule has 3 N–H and O–H groups in total. The number of rotatable bonds is 5. The van der Waals surface area contributed by atoms with Gasteiger partial charge in [0.1, 0.15) is 22.5 Å². The van der Waals surface area contributed by atoms with Crippen LogP contribution in [0.2, 0.25) is 5.02 Å². The number of likely N-dealkylation sites (tertiary alicyclic amines) is 1. The van der Waals surface area contributed by atoms with Crippen molar-refractivity contribution in [3.63, 3.8) is 0 Å². The molecule has 1 fully saturated rings. The summed E-state index contributed by atoms with van der Waals surface area (Å²) in [4.78, 5) is 37.1. The average molecular weight is 511 g/mol. The van der Waals surface area contributed by atoms with Crippen molar-refractivity contribution in [2.75, 3.05) is 25.5 Å². The second-order valence-electron chi connectivity index (χ2n) is 7.46. The predicted molar refractivity (Wildman–Crippen MR) is 119 cm³/mol. The molecule has 11 nitrogen and oxygen atoms in total. The van der Waals surface area contributed by atoms with E-state index >= 15 is 0 Å². The highest BCUT2D eigenvalue weighted by Crippen LogP contribution is 2.29. The quantitative estimate of drug-likeness (QED) is 0.500. The van der Waals surface area contributed by atoms with Gasteiger partial charge in [-0.1, -0.05) is 11.6 Å². The molecule has 1 saturated heterocycles. The number of nitrogens with one attached hydrogen (secondary N) is 3. The van der Waals surface area contributed by atoms with Gasteiger partial charge in [-0.3, -0.25) is 14.4 Å². The number of nitrogens with zero attached hydrogens (tertiary/aromatic N) is 3. The largest absolute Gasteiger partial charge is 0.351 e. The van der Waals surface area contributed by atoms with Gasteiger partial charge in [-0.05, 0) is 24.6 Å². The normalized spacial score (nSPS) is 15.6. The maximum atomic E-state index is 13.5. The van der Waals surface area contributed by atoms with E-state index < -0.39 is 39.6 Å². The Balaban J connectivity index is 1.77. The molecular formula is C20H20ClFN6O5S. The molecule has 14 heteroatoms. The molecule has 1 atom stereocenters. The Kier molecular flexibility index (Phi) is 7.25. The lowest BCUT2D eigenvalue weighted by Crippen LogP contribution is -2.43. The summed E-state index contributed by atoms with van der Waals surface area (Å²) < 4.78 is 43.1. The first kappa shape index (κ1) is 25.2. The second-order valence-corrected chi connectivity index (χ2v) is 9.52. The Bertz CT molecular complexity index is 1320. The number of likely N-dealkylation sites (N-methyl/N-ethyl adjacent to an activating group) is 1. The number of hydrogen-bond donors (Lipinski definition) is 3. The summed E-state index contributed by atoms with van der Waals surface area (Å²) in [6.07, 6.45) is 1.44. The standard InChI is InChI=1S/C20H20ClFN6O5S/c1-24-19(30)20(31)28-6-5-13(9-28)26-34(32,33)15-10-27(2)17(16(15)21)18(29)25-12-3-4-14(22)11(7-12)8-23/h3-4,7,10,13,26H,5-6,9H2,1-2H3,(H,24,30)(H,25,29)/t13-/m1/s1. The number of aromatic nitrogens is 1. The Hall–Kier alpha value is -3.47. The van der Waals surface area contributed by atoms with Crippen molar-refractivity contribution in [1.29, 1.82) is 5.26 Å². The second kappa shape index (κ2) is 9.80. The molecular weight excluding hydrogens is 491 g/mol. The fourth-order valence-electron chi connectivity index (χ4n) is 3.47. The molecule has 180 valence electrons. The molecule has 0 unspecified atom stereocenters. The van der Waals surface area contributed by atoms with Crippen LogP contribution in [0.1, 0.15) is 22.5 Å². The van der Waals surface area contributed by atoms with Gasteiger partial charge in [-0.15, -0.1) is 0 Å². The van der Waals surface area contributed by atoms with E-state index in [1.165, 1.54) is 29.6 Å². The maximum absolute atomic E-state index is 13.5. The number of aryl methyl sites for hydroxylation is 1. The highest BCUT2D eigenvalue weighted by molar-refractivity contribution is 7.89. The first-order chi connectivity index (χ1) is 16.0. The molecule has 1 aliphatic heterocycles. The molecule has 34 heavy (non-hydrogen) atoms. The van der Waals surface area contributed by atoms with Gasteiger partial charge >= 0.3 is 11.8 Å². The molecule has 0 saturated carbocycles. The minimum atomic E-state index is -4.19. The fourth-order valence-corrected chi connectivity index (χ4v) is 5.43. The minimum Gasteiger partial charge on any atom is -0.351 e. The van der Waals surface area contributed by atoms with E-state index in [1.54, 1.807) is 6.07 Å². The third-order valence-electron chi connectivity index (χ3n) is 5.16. The lowest BCUT2D eigenvalue weighted by Gasteiger charge is -2.16. The van der Waals surface area contributed by atoms with Gasteiger partial charge < -0.3 is 20.1 Å². The van der Waals surface area contributed by atoms with Crippen LogP contribution in [0.5, 0.6) is 0 Å². The van der Waals surface area contributed by atoms with Gasteiger partial charge in [-0.2, -0.15) is 5.26 Å². The zero-order valence-corrected chi connectivity index (χ0v) is 19.6. The van der Waals surface area contributed by atoms with Crippen LogP contribution >= 0.6 is 11.6 Å². The number of benzene rings is 1. The highest BCUT2D eigenvalue weighted by atomic mass is 35.5. The number of sulfonamides is 1. The van der Waals surface area contributed by atoms with E-state index in [-0.39, 0.29) is 46.4 Å². The number of anilines is 1. The van der Waals surface area contributed by atoms with Crippen molar-refractivity contribution < 1.29 is 27.2 Å². The zero-order chi connectivity index (χ0) is 25.2. The fraction of sp³-hybridized carbons (Fsp3) is 0.300. The molecule has 1 aromatic carbocycles. The molecule has 0 radical (unpaired) electrons. The maximum Gasteiger partial charge on any atom is 0.311 e. The van der Waals surface area contributed by atoms with Gasteiger partial charge in [0, 0.05) is 45.1 Å². The number of carbonyl (C=O) groups excluding carboxylic acids is 3. The van der Waals surface area contributed by atoms with Crippen molar-refractivity contribution in [2.24, 2.45) is 7.05 Å². The number of amides is 3. The SMILES string of the molecule is CNC(=O)C(=O)N1CC[C@@H](NS(=O)(=O)c2cn(C)c(C(=O)Nc3ccc(F)c(C#N)c3)c2Cl)C1. The summed E-state index contributed by atoms with van der Waals surface area (Å²) in [6.45, 7) is 0.188. The first-order valence-corrected chi connectivity index (χ1v) is 11.7. The monoisotopic (exact) mass is 510 g/mol. The number of hydrogen-bond acceptors (Lipinski definition) is 6. The third kappa shape index (κ3) is 5.04. The lowest BCUT2D eigenvalue weighted by molar-refractivity contribution is -0.144. The van der Waals surface area contributed by atoms with Crippen molar-refractivity contribution in [1.82, 2.24) is 19.5 Å².